The van der Waals surface area contributed by atoms with E-state index in [1.54, 1.807) is 0 Å². The van der Waals surface area contributed by atoms with Crippen molar-refractivity contribution in [3.05, 3.63) is 0 Å². The van der Waals surface area contributed by atoms with Crippen LogP contribution in [0.3, 0.4) is 0 Å². The molecule has 0 atom stereocenters. The third-order valence-corrected chi connectivity index (χ3v) is 16.4. The molecule has 4 bridgehead atoms. The molecule has 0 amide bonds. The van der Waals surface area contributed by atoms with E-state index in [2.05, 4.69) is 38.8 Å². The van der Waals surface area contributed by atoms with Crippen LogP contribution in [0.1, 0.15) is 0 Å². The highest BCUT2D eigenvalue weighted by Gasteiger charge is 2.74. The number of hydrogen-bond donors (Lipinski definition) is 3. The molecule has 0 spiro atoms. The molecule has 26 heteroatoms. The minimum atomic E-state index is -4.98. The van der Waals surface area contributed by atoms with Crippen molar-refractivity contribution in [2.24, 2.45) is 0 Å². The lowest BCUT2D eigenvalue weighted by atomic mass is 15.6. The fraction of sp³-hybridized carbons (Fsp3) is 0. The zero-order valence-electron chi connectivity index (χ0n) is 11.0. The van der Waals surface area contributed by atoms with Crippen LogP contribution in [-0.2, 0) is 70.8 Å². The lowest BCUT2D eigenvalue weighted by Gasteiger charge is -2.41. The van der Waals surface area contributed by atoms with E-state index in [-0.39, 0.29) is 0 Å². The zero-order chi connectivity index (χ0) is 19.9. The summed E-state index contributed by atoms with van der Waals surface area (Å²) in [6, 6.07) is 0. The van der Waals surface area contributed by atoms with Gasteiger partial charge in [0.25, 0.3) is 0 Å². The van der Waals surface area contributed by atoms with Crippen LogP contribution < -0.4 is 0 Å². The average molecular weight is 524 g/mol. The predicted octanol–water partition coefficient (Wildman–Crippen LogP) is 2.91. The smallest absolute Gasteiger partial charge is 0.302 e. The van der Waals surface area contributed by atoms with Crippen LogP contribution in [-0.4, -0.2) is 14.7 Å². The Bertz CT molecular complexity index is 753. The molecule has 0 aliphatic carbocycles. The third kappa shape index (κ3) is 4.81. The van der Waals surface area contributed by atoms with Gasteiger partial charge in [-0.2, -0.15) is 38.8 Å². The minimum Gasteiger partial charge on any atom is -0.302 e. The van der Waals surface area contributed by atoms with Crippen LogP contribution in [0.5, 0.6) is 0 Å². The van der Waals surface area contributed by atoms with Crippen molar-refractivity contribution >= 4 is 54.8 Å². The second kappa shape index (κ2) is 6.07. The first kappa shape index (κ1) is 21.8. The first-order chi connectivity index (χ1) is 11.4. The lowest BCUT2D eigenvalue weighted by molar-refractivity contribution is 0.0906. The number of phosphoric acid groups is 7. The van der Waals surface area contributed by atoms with Crippen LogP contribution >= 0.6 is 54.8 Å². The Morgan fingerprint density at radius 1 is 0.346 bits per heavy atom. The Labute approximate surface area is 141 Å². The van der Waals surface area contributed by atoms with Gasteiger partial charge < -0.3 is 14.7 Å². The monoisotopic (exact) mass is 524 g/mol. The molecule has 19 nitrogen and oxygen atoms in total. The van der Waals surface area contributed by atoms with Crippen molar-refractivity contribution in [2.75, 3.05) is 0 Å². The number of rotatable bonds is 0. The van der Waals surface area contributed by atoms with Crippen LogP contribution in [0.15, 0.2) is 0 Å². The minimum absolute atomic E-state index is 3.44. The molecule has 3 N–H and O–H groups in total. The fourth-order valence-electron chi connectivity index (χ4n) is 1.35. The molecule has 5 fully saturated rings. The lowest BCUT2D eigenvalue weighted by Crippen LogP contribution is -2.19. The topological polar surface area (TPSA) is 263 Å². The van der Waals surface area contributed by atoms with Crippen LogP contribution in [0.4, 0.5) is 0 Å². The van der Waals surface area contributed by atoms with E-state index in [4.69, 9.17) is 14.7 Å². The third-order valence-electron chi connectivity index (χ3n) is 1.82. The summed E-state index contributed by atoms with van der Waals surface area (Å²) in [6.45, 7) is 0. The van der Waals surface area contributed by atoms with Gasteiger partial charge in [-0.25, -0.2) is 32.0 Å². The van der Waals surface area contributed by atoms with Gasteiger partial charge in [0.05, 0.1) is 0 Å². The standard InChI is InChI=1S/O10P4.H3O9P3/c1-11-5-12(2)8-13(3,6-11)10-14(4,7-11)9-12;1-10(2)7-11(3,4)9-12(5,6)8-10/h;(H,1,2)(H,3,4)(H,5,6). The summed E-state index contributed by atoms with van der Waals surface area (Å²) in [7, 11) is -32.7. The quantitative estimate of drug-likeness (QED) is 0.385. The molecule has 5 heterocycles. The normalized spacial score (nSPS) is 60.9. The van der Waals surface area contributed by atoms with Gasteiger partial charge >= 0.3 is 54.8 Å². The van der Waals surface area contributed by atoms with Gasteiger partial charge in [0.2, 0.25) is 0 Å². The maximum Gasteiger partial charge on any atom is 0.501 e. The molecule has 0 aromatic heterocycles. The predicted molar refractivity (Wildman–Crippen MR) is 69.7 cm³/mol. The van der Waals surface area contributed by atoms with Gasteiger partial charge in [0.15, 0.2) is 0 Å². The Balaban J connectivity index is 0.000000153. The molecule has 152 valence electrons. The van der Waals surface area contributed by atoms with Crippen molar-refractivity contribution in [1.82, 2.24) is 0 Å². The highest BCUT2D eigenvalue weighted by molar-refractivity contribution is 7.88. The molecule has 26 heavy (non-hydrogen) atoms. The largest absolute Gasteiger partial charge is 0.501 e. The van der Waals surface area contributed by atoms with Gasteiger partial charge in [-0.3, -0.25) is 0 Å². The van der Waals surface area contributed by atoms with Gasteiger partial charge in [-0.15, -0.1) is 0 Å². The first-order valence-corrected chi connectivity index (χ1v) is 15.5. The summed E-state index contributed by atoms with van der Waals surface area (Å²) in [4.78, 5) is 25.2. The zero-order valence-corrected chi connectivity index (χ0v) is 17.3. The van der Waals surface area contributed by atoms with Gasteiger partial charge in [0.1, 0.15) is 0 Å². The highest BCUT2D eigenvalue weighted by atomic mass is 31.4. The fourth-order valence-corrected chi connectivity index (χ4v) is 16.2. The molecular weight excluding hydrogens is 521 g/mol. The summed E-state index contributed by atoms with van der Waals surface area (Å²) in [5, 5.41) is 0. The van der Waals surface area contributed by atoms with Crippen LogP contribution in [0, 0.1) is 0 Å². The molecule has 0 aromatic rings. The molecule has 5 saturated heterocycles. The van der Waals surface area contributed by atoms with Crippen molar-refractivity contribution in [1.29, 1.82) is 0 Å². The molecular formula is H3O19P7. The second-order valence-electron chi connectivity index (χ2n) is 3.93. The van der Waals surface area contributed by atoms with E-state index in [1.807, 2.05) is 0 Å². The second-order valence-corrected chi connectivity index (χ2v) is 16.2. The van der Waals surface area contributed by atoms with Crippen molar-refractivity contribution in [2.45, 2.75) is 0 Å². The Kier molecular flexibility index (Phi) is 5.10. The summed E-state index contributed by atoms with van der Waals surface area (Å²) in [5.41, 5.74) is 0. The van der Waals surface area contributed by atoms with Crippen molar-refractivity contribution in [3.8, 4) is 0 Å². The Morgan fingerprint density at radius 2 is 0.500 bits per heavy atom. The van der Waals surface area contributed by atoms with Gasteiger partial charge in [-0.05, 0) is 0 Å². The first-order valence-electron chi connectivity index (χ1n) is 5.16. The van der Waals surface area contributed by atoms with Gasteiger partial charge in [-0.1, -0.05) is 0 Å². The van der Waals surface area contributed by atoms with E-state index in [0.717, 1.165) is 0 Å². The molecule has 0 unspecified atom stereocenters. The maximum atomic E-state index is 11.3. The Hall–Kier alpha value is 1.13. The van der Waals surface area contributed by atoms with E-state index in [0.29, 0.717) is 0 Å². The molecule has 0 saturated carbocycles. The van der Waals surface area contributed by atoms with Gasteiger partial charge in [0, 0.05) is 0 Å². The van der Waals surface area contributed by atoms with E-state index in [1.165, 1.54) is 0 Å². The van der Waals surface area contributed by atoms with Crippen molar-refractivity contribution < 1.29 is 85.4 Å². The molecule has 0 aromatic carbocycles. The van der Waals surface area contributed by atoms with E-state index in [9.17, 15) is 32.0 Å². The number of hydrogen-bond acceptors (Lipinski definition) is 16. The van der Waals surface area contributed by atoms with Crippen LogP contribution in [0.2, 0.25) is 0 Å². The summed E-state index contributed by atoms with van der Waals surface area (Å²) < 4.78 is 112. The molecule has 5 rings (SSSR count). The average Bonchev–Trinajstić information content (AvgIpc) is 2.10. The molecule has 5 aliphatic rings. The molecule has 5 aliphatic heterocycles. The van der Waals surface area contributed by atoms with E-state index >= 15 is 0 Å². The Morgan fingerprint density at radius 3 is 0.654 bits per heavy atom. The summed E-state index contributed by atoms with van der Waals surface area (Å²) in [6.07, 6.45) is 0. The maximum absolute atomic E-state index is 11.3. The SMILES string of the molecule is O=P1(O)OP(=O)(O)OP(=O)(O)O1.O=P12OP3(=O)OP(=O)(O1)OP(=O)(O2)O3. The molecule has 0 radical (unpaired) electrons. The summed E-state index contributed by atoms with van der Waals surface area (Å²) >= 11 is 0. The van der Waals surface area contributed by atoms with Crippen molar-refractivity contribution in [3.63, 3.8) is 0 Å². The van der Waals surface area contributed by atoms with Crippen LogP contribution in [0.25, 0.3) is 0 Å². The highest BCUT2D eigenvalue weighted by Crippen LogP contribution is 2.99. The summed E-state index contributed by atoms with van der Waals surface area (Å²) in [5.74, 6) is 0. The van der Waals surface area contributed by atoms with E-state index < -0.39 is 54.8 Å².